The molecule has 0 radical (unpaired) electrons. The van der Waals surface area contributed by atoms with E-state index in [9.17, 15) is 4.39 Å². The van der Waals surface area contributed by atoms with Crippen molar-refractivity contribution in [2.45, 2.75) is 44.7 Å². The molecule has 0 bridgehead atoms. The van der Waals surface area contributed by atoms with Crippen molar-refractivity contribution >= 4 is 0 Å². The summed E-state index contributed by atoms with van der Waals surface area (Å²) >= 11 is 0. The van der Waals surface area contributed by atoms with Crippen molar-refractivity contribution < 1.29 is 8.91 Å². The van der Waals surface area contributed by atoms with Gasteiger partial charge in [0.15, 0.2) is 5.82 Å². The van der Waals surface area contributed by atoms with Crippen LogP contribution in [0.4, 0.5) is 4.39 Å². The maximum atomic E-state index is 13.1. The Labute approximate surface area is 147 Å². The number of benzene rings is 1. The molecule has 4 rings (SSSR count). The quantitative estimate of drug-likeness (QED) is 0.830. The Hall–Kier alpha value is -1.79. The topological polar surface area (TPSA) is 45.4 Å². The SMILES string of the molecule is C[C@H](c1nc(C2CC2)no1)N1CCN([C@@H](C)c2ccc(F)cc2)CC1. The second-order valence-corrected chi connectivity index (χ2v) is 7.24. The van der Waals surface area contributed by atoms with Crippen LogP contribution in [0.3, 0.4) is 0 Å². The molecule has 1 aliphatic carbocycles. The zero-order chi connectivity index (χ0) is 17.4. The van der Waals surface area contributed by atoms with E-state index in [4.69, 9.17) is 4.52 Å². The Morgan fingerprint density at radius 3 is 2.20 bits per heavy atom. The van der Waals surface area contributed by atoms with Gasteiger partial charge in [0, 0.05) is 38.1 Å². The van der Waals surface area contributed by atoms with Gasteiger partial charge in [0.25, 0.3) is 0 Å². The van der Waals surface area contributed by atoms with Crippen LogP contribution in [0.25, 0.3) is 0 Å². The third-order valence-electron chi connectivity index (χ3n) is 5.55. The van der Waals surface area contributed by atoms with E-state index in [0.717, 1.165) is 43.5 Å². The zero-order valence-corrected chi connectivity index (χ0v) is 14.9. The molecule has 2 aliphatic rings. The standard InChI is InChI=1S/C19H25FN4O/c1-13(15-5-7-17(20)8-6-15)23-9-11-24(12-10-23)14(2)19-21-18(22-25-19)16-3-4-16/h5-8,13-14,16H,3-4,9-12H2,1-2H3/t13-,14+/m0/s1. The van der Waals surface area contributed by atoms with Gasteiger partial charge in [0.2, 0.25) is 5.89 Å². The van der Waals surface area contributed by atoms with Gasteiger partial charge in [0.05, 0.1) is 6.04 Å². The highest BCUT2D eigenvalue weighted by Gasteiger charge is 2.32. The maximum absolute atomic E-state index is 13.1. The summed E-state index contributed by atoms with van der Waals surface area (Å²) in [5, 5.41) is 4.13. The first-order valence-corrected chi connectivity index (χ1v) is 9.19. The van der Waals surface area contributed by atoms with Crippen molar-refractivity contribution in [3.05, 3.63) is 47.4 Å². The molecule has 0 N–H and O–H groups in total. The van der Waals surface area contributed by atoms with Crippen molar-refractivity contribution in [1.29, 1.82) is 0 Å². The van der Waals surface area contributed by atoms with E-state index >= 15 is 0 Å². The lowest BCUT2D eigenvalue weighted by Crippen LogP contribution is -2.47. The largest absolute Gasteiger partial charge is 0.338 e. The minimum absolute atomic E-state index is 0.156. The fraction of sp³-hybridized carbons (Fsp3) is 0.579. The Balaban J connectivity index is 1.34. The predicted molar refractivity (Wildman–Crippen MR) is 92.6 cm³/mol. The Bertz CT molecular complexity index is 704. The van der Waals surface area contributed by atoms with Crippen LogP contribution in [0.15, 0.2) is 28.8 Å². The van der Waals surface area contributed by atoms with E-state index in [2.05, 4.69) is 33.8 Å². The lowest BCUT2D eigenvalue weighted by Gasteiger charge is -2.39. The van der Waals surface area contributed by atoms with Crippen molar-refractivity contribution in [2.24, 2.45) is 0 Å². The Morgan fingerprint density at radius 1 is 1.00 bits per heavy atom. The second-order valence-electron chi connectivity index (χ2n) is 7.24. The van der Waals surface area contributed by atoms with Crippen LogP contribution < -0.4 is 0 Å². The smallest absolute Gasteiger partial charge is 0.243 e. The van der Waals surface area contributed by atoms with Gasteiger partial charge in [-0.25, -0.2) is 4.39 Å². The average molecular weight is 344 g/mol. The highest BCUT2D eigenvalue weighted by Crippen LogP contribution is 2.38. The first kappa shape index (κ1) is 16.7. The fourth-order valence-electron chi connectivity index (χ4n) is 3.54. The van der Waals surface area contributed by atoms with E-state index in [1.54, 1.807) is 0 Å². The summed E-state index contributed by atoms with van der Waals surface area (Å²) in [6.07, 6.45) is 2.38. The number of aromatic nitrogens is 2. The molecule has 1 aromatic carbocycles. The lowest BCUT2D eigenvalue weighted by molar-refractivity contribution is 0.0677. The predicted octanol–water partition coefficient (Wildman–Crippen LogP) is 3.53. The van der Waals surface area contributed by atoms with Crippen molar-refractivity contribution in [1.82, 2.24) is 19.9 Å². The van der Waals surface area contributed by atoms with Gasteiger partial charge in [0.1, 0.15) is 5.82 Å². The molecule has 0 unspecified atom stereocenters. The molecule has 25 heavy (non-hydrogen) atoms. The normalized spacial score (nSPS) is 22.0. The molecule has 1 saturated heterocycles. The van der Waals surface area contributed by atoms with Crippen LogP contribution in [0.5, 0.6) is 0 Å². The molecule has 1 aliphatic heterocycles. The van der Waals surface area contributed by atoms with Crippen LogP contribution in [0.2, 0.25) is 0 Å². The molecule has 6 heteroatoms. The first-order valence-electron chi connectivity index (χ1n) is 9.19. The maximum Gasteiger partial charge on any atom is 0.243 e. The lowest BCUT2D eigenvalue weighted by atomic mass is 10.1. The number of hydrogen-bond donors (Lipinski definition) is 0. The van der Waals surface area contributed by atoms with Crippen LogP contribution in [0, 0.1) is 5.82 Å². The van der Waals surface area contributed by atoms with Gasteiger partial charge in [-0.05, 0) is 44.4 Å². The fourth-order valence-corrected chi connectivity index (χ4v) is 3.54. The molecule has 0 amide bonds. The summed E-state index contributed by atoms with van der Waals surface area (Å²) in [6.45, 7) is 8.22. The van der Waals surface area contributed by atoms with Crippen molar-refractivity contribution in [2.75, 3.05) is 26.2 Å². The third-order valence-corrected chi connectivity index (χ3v) is 5.55. The van der Waals surface area contributed by atoms with Gasteiger partial charge in [-0.2, -0.15) is 4.98 Å². The number of hydrogen-bond acceptors (Lipinski definition) is 5. The summed E-state index contributed by atoms with van der Waals surface area (Å²) in [5.41, 5.74) is 1.16. The van der Waals surface area contributed by atoms with E-state index in [0.29, 0.717) is 12.0 Å². The average Bonchev–Trinajstić information content (AvgIpc) is 3.38. The number of nitrogens with zero attached hydrogens (tertiary/aromatic N) is 4. The summed E-state index contributed by atoms with van der Waals surface area (Å²) in [5.74, 6) is 1.96. The molecular formula is C19H25FN4O. The molecule has 1 saturated carbocycles. The molecule has 2 fully saturated rings. The molecule has 2 heterocycles. The first-order chi connectivity index (χ1) is 12.1. The molecule has 2 atom stereocenters. The minimum atomic E-state index is -0.181. The molecular weight excluding hydrogens is 319 g/mol. The second kappa shape index (κ2) is 6.84. The van der Waals surface area contributed by atoms with Crippen LogP contribution >= 0.6 is 0 Å². The third kappa shape index (κ3) is 3.60. The molecule has 5 nitrogen and oxygen atoms in total. The van der Waals surface area contributed by atoms with Gasteiger partial charge < -0.3 is 4.52 Å². The molecule has 0 spiro atoms. The van der Waals surface area contributed by atoms with Crippen molar-refractivity contribution in [3.8, 4) is 0 Å². The summed E-state index contributed by atoms with van der Waals surface area (Å²) < 4.78 is 18.6. The highest BCUT2D eigenvalue weighted by molar-refractivity contribution is 5.19. The van der Waals surface area contributed by atoms with Crippen molar-refractivity contribution in [3.63, 3.8) is 0 Å². The van der Waals surface area contributed by atoms with Gasteiger partial charge >= 0.3 is 0 Å². The summed E-state index contributed by atoms with van der Waals surface area (Å²) in [6, 6.07) is 7.29. The minimum Gasteiger partial charge on any atom is -0.338 e. The zero-order valence-electron chi connectivity index (χ0n) is 14.9. The Morgan fingerprint density at radius 2 is 1.60 bits per heavy atom. The number of piperazine rings is 1. The summed E-state index contributed by atoms with van der Waals surface area (Å²) in [4.78, 5) is 9.43. The van der Waals surface area contributed by atoms with Crippen LogP contribution in [-0.2, 0) is 0 Å². The molecule has 134 valence electrons. The molecule has 1 aromatic heterocycles. The van der Waals surface area contributed by atoms with Crippen LogP contribution in [-0.4, -0.2) is 46.1 Å². The molecule has 2 aromatic rings. The van der Waals surface area contributed by atoms with Crippen LogP contribution in [0.1, 0.15) is 62.0 Å². The van der Waals surface area contributed by atoms with Gasteiger partial charge in [-0.15, -0.1) is 0 Å². The van der Waals surface area contributed by atoms with Gasteiger partial charge in [-0.3, -0.25) is 9.80 Å². The van der Waals surface area contributed by atoms with E-state index in [-0.39, 0.29) is 11.9 Å². The van der Waals surface area contributed by atoms with E-state index in [1.165, 1.54) is 25.0 Å². The number of halogens is 1. The summed E-state index contributed by atoms with van der Waals surface area (Å²) in [7, 11) is 0. The van der Waals surface area contributed by atoms with E-state index < -0.39 is 0 Å². The number of rotatable bonds is 5. The van der Waals surface area contributed by atoms with E-state index in [1.807, 2.05) is 12.1 Å². The van der Waals surface area contributed by atoms with Gasteiger partial charge in [-0.1, -0.05) is 17.3 Å². The monoisotopic (exact) mass is 344 g/mol. The Kier molecular flexibility index (Phi) is 4.56. The highest BCUT2D eigenvalue weighted by atomic mass is 19.1.